The van der Waals surface area contributed by atoms with Crippen LogP contribution in [-0.4, -0.2) is 45.6 Å². The van der Waals surface area contributed by atoms with Crippen molar-refractivity contribution < 1.29 is 8.42 Å². The van der Waals surface area contributed by atoms with E-state index >= 15 is 0 Å². The molecule has 0 aliphatic rings. The maximum atomic E-state index is 11.2. The van der Waals surface area contributed by atoms with E-state index in [-0.39, 0.29) is 5.25 Å². The minimum atomic E-state index is -2.92. The fourth-order valence-electron chi connectivity index (χ4n) is 1.18. The molecule has 16 heavy (non-hydrogen) atoms. The van der Waals surface area contributed by atoms with Crippen molar-refractivity contribution in [3.63, 3.8) is 0 Å². The Bertz CT molecular complexity index is 276. The van der Waals surface area contributed by atoms with Gasteiger partial charge in [0.25, 0.3) is 0 Å². The lowest BCUT2D eigenvalue weighted by Gasteiger charge is -2.18. The van der Waals surface area contributed by atoms with E-state index in [0.717, 1.165) is 13.1 Å². The molecule has 0 aliphatic carbocycles. The first-order valence-corrected chi connectivity index (χ1v) is 7.82. The Morgan fingerprint density at radius 3 is 2.00 bits per heavy atom. The van der Waals surface area contributed by atoms with Crippen molar-refractivity contribution in [1.82, 2.24) is 10.6 Å². The van der Waals surface area contributed by atoms with Crippen LogP contribution in [0.2, 0.25) is 0 Å². The van der Waals surface area contributed by atoms with Crippen LogP contribution in [-0.2, 0) is 9.84 Å². The molecule has 0 heterocycles. The van der Waals surface area contributed by atoms with E-state index in [0.29, 0.717) is 18.5 Å². The molecule has 0 fully saturated rings. The van der Waals surface area contributed by atoms with Gasteiger partial charge in [-0.25, -0.2) is 8.42 Å². The SMILES string of the molecule is CC(C)CNCC(C)NCC(C)S(C)(=O)=O. The average Bonchev–Trinajstić information content (AvgIpc) is 2.11. The van der Waals surface area contributed by atoms with Crippen molar-refractivity contribution in [2.24, 2.45) is 5.92 Å². The summed E-state index contributed by atoms with van der Waals surface area (Å²) in [5.41, 5.74) is 0. The summed E-state index contributed by atoms with van der Waals surface area (Å²) in [6.45, 7) is 10.5. The lowest BCUT2D eigenvalue weighted by Crippen LogP contribution is -2.41. The maximum absolute atomic E-state index is 11.2. The van der Waals surface area contributed by atoms with Gasteiger partial charge in [0.05, 0.1) is 5.25 Å². The quantitative estimate of drug-likeness (QED) is 0.664. The van der Waals surface area contributed by atoms with Crippen molar-refractivity contribution in [2.45, 2.75) is 39.0 Å². The van der Waals surface area contributed by atoms with Crippen molar-refractivity contribution in [2.75, 3.05) is 25.9 Å². The Morgan fingerprint density at radius 2 is 1.56 bits per heavy atom. The van der Waals surface area contributed by atoms with Gasteiger partial charge in [-0.2, -0.15) is 0 Å². The Kier molecular flexibility index (Phi) is 7.19. The van der Waals surface area contributed by atoms with Gasteiger partial charge in [0.1, 0.15) is 0 Å². The summed E-state index contributed by atoms with van der Waals surface area (Å²) in [5, 5.41) is 6.24. The Hall–Kier alpha value is -0.130. The van der Waals surface area contributed by atoms with E-state index in [1.807, 2.05) is 0 Å². The molecule has 5 heteroatoms. The van der Waals surface area contributed by atoms with Gasteiger partial charge >= 0.3 is 0 Å². The monoisotopic (exact) mass is 250 g/mol. The predicted molar refractivity (Wildman–Crippen MR) is 69.5 cm³/mol. The van der Waals surface area contributed by atoms with Gasteiger partial charge in [0.15, 0.2) is 9.84 Å². The fourth-order valence-corrected chi connectivity index (χ4v) is 1.58. The molecule has 0 amide bonds. The molecule has 0 aliphatic heterocycles. The molecule has 0 rings (SSSR count). The zero-order valence-corrected chi connectivity index (χ0v) is 11.9. The first-order chi connectivity index (χ1) is 7.23. The fraction of sp³-hybridized carbons (Fsp3) is 1.00. The van der Waals surface area contributed by atoms with Gasteiger partial charge in [-0.05, 0) is 26.3 Å². The molecule has 0 aromatic heterocycles. The second-order valence-corrected chi connectivity index (χ2v) is 7.47. The van der Waals surface area contributed by atoms with E-state index < -0.39 is 9.84 Å². The third-order valence-electron chi connectivity index (χ3n) is 2.49. The molecule has 2 N–H and O–H groups in total. The molecule has 0 saturated heterocycles. The highest BCUT2D eigenvalue weighted by Gasteiger charge is 2.15. The summed E-state index contributed by atoms with van der Waals surface area (Å²) in [6.07, 6.45) is 1.28. The normalized spacial score (nSPS) is 16.4. The zero-order chi connectivity index (χ0) is 12.8. The summed E-state index contributed by atoms with van der Waals surface area (Å²) >= 11 is 0. The van der Waals surface area contributed by atoms with E-state index in [1.54, 1.807) is 6.92 Å². The first kappa shape index (κ1) is 15.9. The number of hydrogen-bond acceptors (Lipinski definition) is 4. The smallest absolute Gasteiger partial charge is 0.151 e. The van der Waals surface area contributed by atoms with Crippen LogP contribution < -0.4 is 10.6 Å². The first-order valence-electron chi connectivity index (χ1n) is 5.86. The van der Waals surface area contributed by atoms with Gasteiger partial charge in [0.2, 0.25) is 0 Å². The van der Waals surface area contributed by atoms with Gasteiger partial charge in [-0.1, -0.05) is 13.8 Å². The largest absolute Gasteiger partial charge is 0.315 e. The second kappa shape index (κ2) is 7.25. The lowest BCUT2D eigenvalue weighted by atomic mass is 10.2. The highest BCUT2D eigenvalue weighted by molar-refractivity contribution is 7.91. The lowest BCUT2D eigenvalue weighted by molar-refractivity contribution is 0.471. The summed E-state index contributed by atoms with van der Waals surface area (Å²) in [4.78, 5) is 0. The number of nitrogens with one attached hydrogen (secondary N) is 2. The summed E-state index contributed by atoms with van der Waals surface area (Å²) < 4.78 is 22.4. The van der Waals surface area contributed by atoms with Crippen molar-refractivity contribution in [1.29, 1.82) is 0 Å². The Morgan fingerprint density at radius 1 is 1.00 bits per heavy atom. The third-order valence-corrected chi connectivity index (χ3v) is 4.12. The highest BCUT2D eigenvalue weighted by Crippen LogP contribution is 1.96. The van der Waals surface area contributed by atoms with Crippen molar-refractivity contribution >= 4 is 9.84 Å². The predicted octanol–water partition coefficient (Wildman–Crippen LogP) is 0.643. The van der Waals surface area contributed by atoms with Crippen LogP contribution in [0.1, 0.15) is 27.7 Å². The van der Waals surface area contributed by atoms with Crippen LogP contribution in [0.5, 0.6) is 0 Å². The molecule has 0 spiro atoms. The van der Waals surface area contributed by atoms with Crippen LogP contribution >= 0.6 is 0 Å². The molecule has 2 unspecified atom stereocenters. The molecule has 0 saturated carbocycles. The van der Waals surface area contributed by atoms with E-state index in [1.165, 1.54) is 6.26 Å². The molecule has 0 aromatic rings. The highest BCUT2D eigenvalue weighted by atomic mass is 32.2. The van der Waals surface area contributed by atoms with Crippen LogP contribution in [0.4, 0.5) is 0 Å². The number of sulfone groups is 1. The number of rotatable bonds is 8. The van der Waals surface area contributed by atoms with Crippen LogP contribution in [0.25, 0.3) is 0 Å². The average molecular weight is 250 g/mol. The molecule has 0 radical (unpaired) electrons. The van der Waals surface area contributed by atoms with Gasteiger partial charge in [-0.3, -0.25) is 0 Å². The van der Waals surface area contributed by atoms with Crippen LogP contribution in [0.15, 0.2) is 0 Å². The molecular formula is C11H26N2O2S. The van der Waals surface area contributed by atoms with E-state index in [9.17, 15) is 8.42 Å². The van der Waals surface area contributed by atoms with Gasteiger partial charge in [0, 0.05) is 25.4 Å². The molecule has 0 aromatic carbocycles. The molecule has 98 valence electrons. The molecule has 2 atom stereocenters. The third kappa shape index (κ3) is 8.07. The molecular weight excluding hydrogens is 224 g/mol. The summed E-state index contributed by atoms with van der Waals surface area (Å²) in [7, 11) is -2.92. The maximum Gasteiger partial charge on any atom is 0.151 e. The topological polar surface area (TPSA) is 58.2 Å². The zero-order valence-electron chi connectivity index (χ0n) is 11.1. The Labute approximate surface area is 100 Å². The van der Waals surface area contributed by atoms with Crippen molar-refractivity contribution in [3.8, 4) is 0 Å². The minimum absolute atomic E-state index is 0.294. The van der Waals surface area contributed by atoms with Gasteiger partial charge in [-0.15, -0.1) is 0 Å². The van der Waals surface area contributed by atoms with E-state index in [4.69, 9.17) is 0 Å². The van der Waals surface area contributed by atoms with Gasteiger partial charge < -0.3 is 10.6 Å². The summed E-state index contributed by atoms with van der Waals surface area (Å²) in [6, 6.07) is 0.294. The minimum Gasteiger partial charge on any atom is -0.315 e. The van der Waals surface area contributed by atoms with E-state index in [2.05, 4.69) is 31.4 Å². The van der Waals surface area contributed by atoms with Crippen LogP contribution in [0, 0.1) is 5.92 Å². The number of hydrogen-bond donors (Lipinski definition) is 2. The molecule has 4 nitrogen and oxygen atoms in total. The van der Waals surface area contributed by atoms with Crippen LogP contribution in [0.3, 0.4) is 0 Å². The van der Waals surface area contributed by atoms with Crippen molar-refractivity contribution in [3.05, 3.63) is 0 Å². The molecule has 0 bridgehead atoms. The summed E-state index contributed by atoms with van der Waals surface area (Å²) in [5.74, 6) is 0.641. The second-order valence-electron chi connectivity index (χ2n) is 5.00. The standard InChI is InChI=1S/C11H26N2O2S/c1-9(2)6-12-7-10(3)13-8-11(4)16(5,14)15/h9-13H,6-8H2,1-5H3. The Balaban J connectivity index is 3.69.